The highest BCUT2D eigenvalue weighted by atomic mass is 16.2. The number of hydrogen-bond acceptors (Lipinski definition) is 3. The number of benzene rings is 1. The number of H-pyrrole nitrogens is 1. The van der Waals surface area contributed by atoms with E-state index < -0.39 is 0 Å². The maximum Gasteiger partial charge on any atom is 0.260 e. The molecule has 28 heavy (non-hydrogen) atoms. The maximum atomic E-state index is 13.5. The quantitative estimate of drug-likeness (QED) is 0.756. The molecule has 2 heterocycles. The first-order chi connectivity index (χ1) is 13.6. The molecule has 5 nitrogen and oxygen atoms in total. The lowest BCUT2D eigenvalue weighted by molar-refractivity contribution is 0.0636. The molecule has 142 valence electrons. The van der Waals surface area contributed by atoms with Gasteiger partial charge in [-0.05, 0) is 55.0 Å². The number of nitrogens with zero attached hydrogens (tertiary/aromatic N) is 2. The van der Waals surface area contributed by atoms with Crippen LogP contribution in [-0.4, -0.2) is 20.8 Å². The number of aromatic nitrogens is 2. The number of aryl methyl sites for hydroxylation is 2. The van der Waals surface area contributed by atoms with Crippen LogP contribution >= 0.6 is 0 Å². The second-order valence-electron chi connectivity index (χ2n) is 7.29. The molecule has 1 aliphatic rings. The number of pyridine rings is 2. The van der Waals surface area contributed by atoms with Crippen molar-refractivity contribution in [2.24, 2.45) is 0 Å². The molecule has 1 unspecified atom stereocenters. The Balaban J connectivity index is 1.76. The lowest BCUT2D eigenvalue weighted by Gasteiger charge is -2.36. The summed E-state index contributed by atoms with van der Waals surface area (Å²) >= 11 is 0. The molecule has 0 saturated carbocycles. The average molecular weight is 373 g/mol. The van der Waals surface area contributed by atoms with Gasteiger partial charge in [0.1, 0.15) is 5.56 Å². The standard InChI is InChI=1S/C23H23N3O2/c1-16-13-22(27)20(14-25-16)23(28)26(15-17-9-11-24-12-10-17)21-8-4-6-18-5-2-3-7-19(18)21/h2-3,5,7,9-14,21H,4,6,8,15H2,1H3,(H,25,27). The van der Waals surface area contributed by atoms with E-state index in [9.17, 15) is 9.59 Å². The molecular weight excluding hydrogens is 350 g/mol. The van der Waals surface area contributed by atoms with Crippen LogP contribution in [0.25, 0.3) is 0 Å². The Kier molecular flexibility index (Phi) is 5.06. The van der Waals surface area contributed by atoms with E-state index in [1.165, 1.54) is 23.4 Å². The van der Waals surface area contributed by atoms with Crippen molar-refractivity contribution in [3.63, 3.8) is 0 Å². The highest BCUT2D eigenvalue weighted by Gasteiger charge is 2.31. The Bertz CT molecular complexity index is 1040. The molecule has 1 amide bonds. The summed E-state index contributed by atoms with van der Waals surface area (Å²) in [7, 11) is 0. The van der Waals surface area contributed by atoms with Gasteiger partial charge in [-0.15, -0.1) is 0 Å². The fraction of sp³-hybridized carbons (Fsp3) is 0.261. The Hall–Kier alpha value is -3.21. The van der Waals surface area contributed by atoms with Gasteiger partial charge >= 0.3 is 0 Å². The Morgan fingerprint density at radius 3 is 2.79 bits per heavy atom. The molecule has 0 radical (unpaired) electrons. The Morgan fingerprint density at radius 2 is 2.00 bits per heavy atom. The van der Waals surface area contributed by atoms with Gasteiger partial charge in [-0.25, -0.2) is 0 Å². The second-order valence-corrected chi connectivity index (χ2v) is 7.29. The van der Waals surface area contributed by atoms with Gasteiger partial charge in [0.05, 0.1) is 6.04 Å². The summed E-state index contributed by atoms with van der Waals surface area (Å²) in [5.41, 5.74) is 4.14. The third kappa shape index (κ3) is 3.60. The van der Waals surface area contributed by atoms with E-state index in [2.05, 4.69) is 22.1 Å². The van der Waals surface area contributed by atoms with Gasteiger partial charge in [-0.3, -0.25) is 14.6 Å². The summed E-state index contributed by atoms with van der Waals surface area (Å²) < 4.78 is 0. The number of hydrogen-bond donors (Lipinski definition) is 1. The molecule has 1 N–H and O–H groups in total. The van der Waals surface area contributed by atoms with Gasteiger partial charge in [0.15, 0.2) is 5.43 Å². The van der Waals surface area contributed by atoms with Crippen LogP contribution in [0.3, 0.4) is 0 Å². The summed E-state index contributed by atoms with van der Waals surface area (Å²) in [6, 6.07) is 13.5. The lowest BCUT2D eigenvalue weighted by atomic mass is 9.86. The van der Waals surface area contributed by atoms with Crippen molar-refractivity contribution < 1.29 is 4.79 Å². The summed E-state index contributed by atoms with van der Waals surface area (Å²) in [6.07, 6.45) is 7.92. The molecule has 1 aliphatic carbocycles. The summed E-state index contributed by atoms with van der Waals surface area (Å²) in [6.45, 7) is 2.25. The van der Waals surface area contributed by atoms with Crippen molar-refractivity contribution in [3.8, 4) is 0 Å². The minimum atomic E-state index is -0.245. The molecule has 0 bridgehead atoms. The summed E-state index contributed by atoms with van der Waals surface area (Å²) in [5.74, 6) is -0.236. The first-order valence-electron chi connectivity index (χ1n) is 9.60. The van der Waals surface area contributed by atoms with Crippen LogP contribution in [0, 0.1) is 6.92 Å². The number of fused-ring (bicyclic) bond motifs is 1. The zero-order valence-corrected chi connectivity index (χ0v) is 15.9. The van der Waals surface area contributed by atoms with Crippen LogP contribution in [-0.2, 0) is 13.0 Å². The molecule has 0 fully saturated rings. The van der Waals surface area contributed by atoms with Crippen molar-refractivity contribution in [1.82, 2.24) is 14.9 Å². The van der Waals surface area contributed by atoms with Crippen LogP contribution in [0.15, 0.2) is 65.8 Å². The smallest absolute Gasteiger partial charge is 0.260 e. The minimum absolute atomic E-state index is 0.0497. The molecule has 1 atom stereocenters. The Labute approximate surface area is 164 Å². The van der Waals surface area contributed by atoms with Crippen molar-refractivity contribution >= 4 is 5.91 Å². The molecule has 2 aromatic heterocycles. The zero-order valence-electron chi connectivity index (χ0n) is 15.9. The number of nitrogens with one attached hydrogen (secondary N) is 1. The van der Waals surface area contributed by atoms with Crippen LogP contribution in [0.4, 0.5) is 0 Å². The fourth-order valence-electron chi connectivity index (χ4n) is 3.96. The normalized spacial score (nSPS) is 15.7. The maximum absolute atomic E-state index is 13.5. The number of carbonyl (C=O) groups is 1. The molecular formula is C23H23N3O2. The second kappa shape index (κ2) is 7.80. The molecule has 3 aromatic rings. The first kappa shape index (κ1) is 18.2. The van der Waals surface area contributed by atoms with Gasteiger partial charge in [0, 0.05) is 36.9 Å². The topological polar surface area (TPSA) is 66.1 Å². The van der Waals surface area contributed by atoms with Crippen molar-refractivity contribution in [3.05, 3.63) is 99.2 Å². The average Bonchev–Trinajstić information content (AvgIpc) is 2.72. The van der Waals surface area contributed by atoms with Crippen LogP contribution in [0.5, 0.6) is 0 Å². The van der Waals surface area contributed by atoms with E-state index in [0.717, 1.165) is 30.5 Å². The van der Waals surface area contributed by atoms with Crippen molar-refractivity contribution in [2.45, 2.75) is 38.8 Å². The van der Waals surface area contributed by atoms with Crippen LogP contribution in [0.1, 0.15) is 51.6 Å². The van der Waals surface area contributed by atoms with E-state index in [4.69, 9.17) is 0 Å². The lowest BCUT2D eigenvalue weighted by Crippen LogP contribution is -2.38. The van der Waals surface area contributed by atoms with E-state index >= 15 is 0 Å². The van der Waals surface area contributed by atoms with Crippen LogP contribution < -0.4 is 5.43 Å². The molecule has 0 spiro atoms. The predicted octanol–water partition coefficient (Wildman–Crippen LogP) is 3.80. The van der Waals surface area contributed by atoms with E-state index in [0.29, 0.717) is 6.54 Å². The molecule has 5 heteroatoms. The SMILES string of the molecule is Cc1cc(=O)c(C(=O)N(Cc2ccncc2)C2CCCc3ccccc32)c[nH]1. The van der Waals surface area contributed by atoms with Gasteiger partial charge in [-0.1, -0.05) is 24.3 Å². The number of aromatic amines is 1. The van der Waals surface area contributed by atoms with E-state index in [1.54, 1.807) is 12.4 Å². The third-order valence-corrected chi connectivity index (χ3v) is 5.36. The first-order valence-corrected chi connectivity index (χ1v) is 9.60. The third-order valence-electron chi connectivity index (χ3n) is 5.36. The predicted molar refractivity (Wildman–Crippen MR) is 108 cm³/mol. The van der Waals surface area contributed by atoms with Gasteiger partial charge < -0.3 is 9.88 Å². The molecule has 1 aromatic carbocycles. The largest absolute Gasteiger partial charge is 0.364 e. The van der Waals surface area contributed by atoms with Crippen molar-refractivity contribution in [1.29, 1.82) is 0 Å². The molecule has 0 saturated heterocycles. The Morgan fingerprint density at radius 1 is 1.21 bits per heavy atom. The van der Waals surface area contributed by atoms with Gasteiger partial charge in [0.2, 0.25) is 0 Å². The van der Waals surface area contributed by atoms with Crippen LogP contribution in [0.2, 0.25) is 0 Å². The number of rotatable bonds is 4. The molecule has 4 rings (SSSR count). The van der Waals surface area contributed by atoms with Gasteiger partial charge in [0.25, 0.3) is 5.91 Å². The van der Waals surface area contributed by atoms with Gasteiger partial charge in [-0.2, -0.15) is 0 Å². The number of amides is 1. The van der Waals surface area contributed by atoms with E-state index in [1.807, 2.05) is 36.1 Å². The minimum Gasteiger partial charge on any atom is -0.364 e. The van der Waals surface area contributed by atoms with Crippen molar-refractivity contribution in [2.75, 3.05) is 0 Å². The fourth-order valence-corrected chi connectivity index (χ4v) is 3.96. The number of carbonyl (C=O) groups excluding carboxylic acids is 1. The van der Waals surface area contributed by atoms with E-state index in [-0.39, 0.29) is 22.9 Å². The zero-order chi connectivity index (χ0) is 19.5. The highest BCUT2D eigenvalue weighted by molar-refractivity contribution is 5.94. The summed E-state index contributed by atoms with van der Waals surface area (Å²) in [4.78, 5) is 34.9. The summed E-state index contributed by atoms with van der Waals surface area (Å²) in [5, 5.41) is 0. The monoisotopic (exact) mass is 373 g/mol. The highest BCUT2D eigenvalue weighted by Crippen LogP contribution is 2.35. The molecule has 0 aliphatic heterocycles.